The van der Waals surface area contributed by atoms with Gasteiger partial charge in [0.1, 0.15) is 17.2 Å². The number of pyridine rings is 1. The van der Waals surface area contributed by atoms with Gasteiger partial charge in [0.25, 0.3) is 5.91 Å². The van der Waals surface area contributed by atoms with Crippen molar-refractivity contribution in [3.63, 3.8) is 0 Å². The minimum absolute atomic E-state index is 0.0606. The molecular formula is C23H20ClF3N4O3. The molecule has 0 bridgehead atoms. The number of rotatable bonds is 6. The average Bonchev–Trinajstić information content (AvgIpc) is 2.80. The second-order valence-corrected chi connectivity index (χ2v) is 7.41. The van der Waals surface area contributed by atoms with Crippen molar-refractivity contribution in [2.75, 3.05) is 17.7 Å². The Morgan fingerprint density at radius 1 is 1.03 bits per heavy atom. The lowest BCUT2D eigenvalue weighted by Gasteiger charge is -2.14. The van der Waals surface area contributed by atoms with Crippen molar-refractivity contribution in [2.45, 2.75) is 19.5 Å². The van der Waals surface area contributed by atoms with E-state index in [9.17, 15) is 22.8 Å². The minimum atomic E-state index is -4.65. The van der Waals surface area contributed by atoms with E-state index >= 15 is 0 Å². The summed E-state index contributed by atoms with van der Waals surface area (Å²) in [5.41, 5.74) is 0.255. The number of hydrogen-bond acceptors (Lipinski definition) is 4. The van der Waals surface area contributed by atoms with Gasteiger partial charge in [-0.15, -0.1) is 0 Å². The van der Waals surface area contributed by atoms with Crippen LogP contribution in [0.1, 0.15) is 28.5 Å². The Morgan fingerprint density at radius 3 is 2.35 bits per heavy atom. The Kier molecular flexibility index (Phi) is 7.62. The van der Waals surface area contributed by atoms with Gasteiger partial charge in [-0.25, -0.2) is 4.79 Å². The number of amides is 3. The van der Waals surface area contributed by atoms with Gasteiger partial charge in [0.15, 0.2) is 0 Å². The van der Waals surface area contributed by atoms with Crippen molar-refractivity contribution >= 4 is 34.9 Å². The van der Waals surface area contributed by atoms with Gasteiger partial charge in [0.2, 0.25) is 0 Å². The van der Waals surface area contributed by atoms with Gasteiger partial charge in [-0.2, -0.15) is 13.2 Å². The molecule has 3 rings (SSSR count). The number of halogens is 4. The van der Waals surface area contributed by atoms with Gasteiger partial charge >= 0.3 is 12.2 Å². The van der Waals surface area contributed by atoms with E-state index in [-0.39, 0.29) is 17.3 Å². The molecule has 0 saturated heterocycles. The van der Waals surface area contributed by atoms with E-state index in [1.54, 1.807) is 24.3 Å². The van der Waals surface area contributed by atoms with Gasteiger partial charge in [-0.1, -0.05) is 18.5 Å². The number of nitrogens with one attached hydrogen (secondary N) is 3. The third-order valence-electron chi connectivity index (χ3n) is 4.65. The van der Waals surface area contributed by atoms with Gasteiger partial charge in [-0.3, -0.25) is 9.78 Å². The molecule has 0 aliphatic rings. The fourth-order valence-electron chi connectivity index (χ4n) is 3.00. The fourth-order valence-corrected chi connectivity index (χ4v) is 3.23. The fraction of sp³-hybridized carbons (Fsp3) is 0.174. The quantitative estimate of drug-likeness (QED) is 0.387. The highest BCUT2D eigenvalue weighted by Gasteiger charge is 2.33. The molecule has 0 radical (unpaired) electrons. The normalized spacial score (nSPS) is 11.0. The van der Waals surface area contributed by atoms with Crippen molar-refractivity contribution in [2.24, 2.45) is 0 Å². The van der Waals surface area contributed by atoms with Crippen LogP contribution in [0.5, 0.6) is 11.5 Å². The zero-order valence-electron chi connectivity index (χ0n) is 18.1. The maximum Gasteiger partial charge on any atom is 0.417 e. The molecule has 11 heteroatoms. The molecular weight excluding hydrogens is 473 g/mol. The molecule has 1 aromatic heterocycles. The van der Waals surface area contributed by atoms with Gasteiger partial charge in [-0.05, 0) is 54.4 Å². The molecule has 0 saturated carbocycles. The van der Waals surface area contributed by atoms with E-state index in [4.69, 9.17) is 16.3 Å². The summed E-state index contributed by atoms with van der Waals surface area (Å²) in [6, 6.07) is 10.4. The van der Waals surface area contributed by atoms with Crippen LogP contribution in [-0.2, 0) is 12.6 Å². The van der Waals surface area contributed by atoms with Crippen molar-refractivity contribution in [1.29, 1.82) is 0 Å². The lowest BCUT2D eigenvalue weighted by atomic mass is 10.1. The summed E-state index contributed by atoms with van der Waals surface area (Å²) in [7, 11) is 1.50. The third-order valence-corrected chi connectivity index (χ3v) is 4.98. The molecule has 0 atom stereocenters. The first-order valence-electron chi connectivity index (χ1n) is 10.0. The topological polar surface area (TPSA) is 92.3 Å². The minimum Gasteiger partial charge on any atom is -0.457 e. The highest BCUT2D eigenvalue weighted by Crippen LogP contribution is 2.36. The number of carbonyl (C=O) groups excluding carboxylic acids is 2. The molecule has 3 amide bonds. The Bertz CT molecular complexity index is 1220. The van der Waals surface area contributed by atoms with E-state index in [2.05, 4.69) is 20.9 Å². The van der Waals surface area contributed by atoms with Crippen LogP contribution >= 0.6 is 11.6 Å². The van der Waals surface area contributed by atoms with Crippen molar-refractivity contribution < 1.29 is 27.5 Å². The van der Waals surface area contributed by atoms with Gasteiger partial charge in [0.05, 0.1) is 10.6 Å². The summed E-state index contributed by atoms with van der Waals surface area (Å²) in [5, 5.41) is 6.96. The highest BCUT2D eigenvalue weighted by molar-refractivity contribution is 6.31. The Hall–Kier alpha value is -3.79. The number of nitrogens with zero attached hydrogens (tertiary/aromatic N) is 1. The molecule has 0 aliphatic heterocycles. The monoisotopic (exact) mass is 492 g/mol. The summed E-state index contributed by atoms with van der Waals surface area (Å²) in [6.45, 7) is 1.89. The summed E-state index contributed by atoms with van der Waals surface area (Å²) in [5.74, 6) is 0.565. The largest absolute Gasteiger partial charge is 0.457 e. The third kappa shape index (κ3) is 6.16. The lowest BCUT2D eigenvalue weighted by molar-refractivity contribution is -0.137. The van der Waals surface area contributed by atoms with E-state index in [1.807, 2.05) is 6.92 Å². The van der Waals surface area contributed by atoms with Crippen LogP contribution in [0.2, 0.25) is 5.02 Å². The second-order valence-electron chi connectivity index (χ2n) is 7.01. The molecule has 0 fully saturated rings. The van der Waals surface area contributed by atoms with E-state index < -0.39 is 22.8 Å². The first kappa shape index (κ1) is 24.8. The summed E-state index contributed by atoms with van der Waals surface area (Å²) in [4.78, 5) is 28.1. The average molecular weight is 493 g/mol. The Balaban J connectivity index is 1.72. The van der Waals surface area contributed by atoms with Crippen molar-refractivity contribution in [3.8, 4) is 11.5 Å². The lowest BCUT2D eigenvalue weighted by Crippen LogP contribution is -2.20. The highest BCUT2D eigenvalue weighted by atomic mass is 35.5. The molecule has 0 unspecified atom stereocenters. The molecule has 2 aromatic carbocycles. The SMILES string of the molecule is CCc1cc(NC(=O)Nc2ccc(Cl)c(C(F)(F)F)c2)ccc1Oc1ccnc(C(=O)NC)c1. The molecule has 34 heavy (non-hydrogen) atoms. The van der Waals surface area contributed by atoms with Crippen LogP contribution in [0.25, 0.3) is 0 Å². The van der Waals surface area contributed by atoms with Crippen LogP contribution in [0, 0.1) is 0 Å². The van der Waals surface area contributed by atoms with Gasteiger partial charge < -0.3 is 20.7 Å². The number of urea groups is 1. The van der Waals surface area contributed by atoms with Crippen LogP contribution < -0.4 is 20.7 Å². The number of aryl methyl sites for hydroxylation is 1. The predicted molar refractivity (Wildman–Crippen MR) is 123 cm³/mol. The number of ether oxygens (including phenoxy) is 1. The molecule has 7 nitrogen and oxygen atoms in total. The summed E-state index contributed by atoms with van der Waals surface area (Å²) >= 11 is 5.60. The number of hydrogen-bond donors (Lipinski definition) is 3. The first-order valence-corrected chi connectivity index (χ1v) is 10.4. The van der Waals surface area contributed by atoms with Crippen LogP contribution in [0.15, 0.2) is 54.7 Å². The molecule has 0 aliphatic carbocycles. The number of benzene rings is 2. The molecule has 3 aromatic rings. The van der Waals surface area contributed by atoms with Crippen LogP contribution in [0.3, 0.4) is 0 Å². The summed E-state index contributed by atoms with van der Waals surface area (Å²) in [6.07, 6.45) is -2.63. The summed E-state index contributed by atoms with van der Waals surface area (Å²) < 4.78 is 44.9. The Labute approximate surface area is 198 Å². The number of alkyl halides is 3. The maximum absolute atomic E-state index is 13.0. The second kappa shape index (κ2) is 10.4. The van der Waals surface area contributed by atoms with Crippen LogP contribution in [-0.4, -0.2) is 24.0 Å². The van der Waals surface area contributed by atoms with Crippen molar-refractivity contribution in [3.05, 3.63) is 76.6 Å². The number of aromatic nitrogens is 1. The zero-order chi connectivity index (χ0) is 24.9. The number of anilines is 2. The smallest absolute Gasteiger partial charge is 0.417 e. The molecule has 3 N–H and O–H groups in total. The Morgan fingerprint density at radius 2 is 1.71 bits per heavy atom. The van der Waals surface area contributed by atoms with E-state index in [0.717, 1.165) is 17.7 Å². The number of carbonyl (C=O) groups is 2. The van der Waals surface area contributed by atoms with Crippen LogP contribution in [0.4, 0.5) is 29.3 Å². The van der Waals surface area contributed by atoms with E-state index in [1.165, 1.54) is 25.4 Å². The molecule has 178 valence electrons. The standard InChI is InChI=1S/C23H20ClF3N4O3/c1-3-13-10-14(5-7-20(13)34-16-8-9-29-19(12-16)21(32)28-2)30-22(33)31-15-4-6-18(24)17(11-15)23(25,26)27/h4-12H,3H2,1-2H3,(H,28,32)(H2,30,31,33). The first-order chi connectivity index (χ1) is 16.1. The maximum atomic E-state index is 13.0. The van der Waals surface area contributed by atoms with E-state index in [0.29, 0.717) is 23.6 Å². The zero-order valence-corrected chi connectivity index (χ0v) is 18.8. The molecule has 0 spiro atoms. The predicted octanol–water partition coefficient (Wildman–Crippen LogP) is 6.11. The molecule has 1 heterocycles. The van der Waals surface area contributed by atoms with Gasteiger partial charge in [0, 0.05) is 30.7 Å². The van der Waals surface area contributed by atoms with Crippen molar-refractivity contribution in [1.82, 2.24) is 10.3 Å².